The van der Waals surface area contributed by atoms with Crippen molar-refractivity contribution in [2.45, 2.75) is 6.18 Å². The second-order valence-corrected chi connectivity index (χ2v) is 7.57. The Morgan fingerprint density at radius 1 is 1.06 bits per heavy atom. The number of aromatic nitrogens is 3. The van der Waals surface area contributed by atoms with Crippen LogP contribution in [0.3, 0.4) is 0 Å². The Balaban J connectivity index is 1.52. The number of anilines is 1. The third-order valence-electron chi connectivity index (χ3n) is 4.82. The molecule has 0 unspecified atom stereocenters. The van der Waals surface area contributed by atoms with E-state index in [-0.39, 0.29) is 27.9 Å². The van der Waals surface area contributed by atoms with E-state index in [9.17, 15) is 23.2 Å². The number of pyridine rings is 1. The van der Waals surface area contributed by atoms with Crippen LogP contribution < -0.4 is 11.0 Å². The molecule has 0 amide bonds. The van der Waals surface area contributed by atoms with Crippen LogP contribution in [0, 0.1) is 11.3 Å². The van der Waals surface area contributed by atoms with E-state index in [1.165, 1.54) is 6.21 Å². The molecule has 0 saturated heterocycles. The number of halogens is 4. The van der Waals surface area contributed by atoms with Gasteiger partial charge >= 0.3 is 6.18 Å². The molecule has 11 heteroatoms. The summed E-state index contributed by atoms with van der Waals surface area (Å²) in [6.45, 7) is 0. The maximum atomic E-state index is 12.8. The summed E-state index contributed by atoms with van der Waals surface area (Å²) in [5, 5.41) is 13.3. The fraction of sp³-hybridized carbons (Fsp3) is 0.0417. The molecule has 0 aliphatic rings. The van der Waals surface area contributed by atoms with Crippen molar-refractivity contribution >= 4 is 23.8 Å². The largest absolute Gasteiger partial charge is 0.417 e. The Hall–Kier alpha value is -4.49. The molecule has 35 heavy (non-hydrogen) atoms. The van der Waals surface area contributed by atoms with Gasteiger partial charge in [0.2, 0.25) is 5.95 Å². The fourth-order valence-corrected chi connectivity index (χ4v) is 3.41. The van der Waals surface area contributed by atoms with Crippen LogP contribution >= 0.6 is 11.6 Å². The molecule has 4 aromatic rings. The molecule has 2 N–H and O–H groups in total. The average Bonchev–Trinajstić information content (AvgIpc) is 2.84. The molecule has 2 aromatic heterocycles. The van der Waals surface area contributed by atoms with Crippen molar-refractivity contribution in [2.24, 2.45) is 5.10 Å². The summed E-state index contributed by atoms with van der Waals surface area (Å²) in [5.74, 6) is 0.0430. The molecule has 0 bridgehead atoms. The van der Waals surface area contributed by atoms with Crippen molar-refractivity contribution in [2.75, 3.05) is 5.43 Å². The van der Waals surface area contributed by atoms with Crippen molar-refractivity contribution in [1.29, 1.82) is 5.26 Å². The smallest absolute Gasteiger partial charge is 0.290 e. The first-order valence-electron chi connectivity index (χ1n) is 9.98. The van der Waals surface area contributed by atoms with Gasteiger partial charge in [-0.15, -0.1) is 0 Å². The van der Waals surface area contributed by atoms with Gasteiger partial charge in [-0.3, -0.25) is 14.8 Å². The van der Waals surface area contributed by atoms with Crippen LogP contribution in [0.2, 0.25) is 5.02 Å². The quantitative estimate of drug-likeness (QED) is 0.282. The molecule has 0 aliphatic carbocycles. The van der Waals surface area contributed by atoms with Crippen molar-refractivity contribution in [3.8, 4) is 28.6 Å². The van der Waals surface area contributed by atoms with Crippen molar-refractivity contribution < 1.29 is 13.2 Å². The van der Waals surface area contributed by atoms with Gasteiger partial charge in [0, 0.05) is 17.3 Å². The molecule has 174 valence electrons. The van der Waals surface area contributed by atoms with Gasteiger partial charge in [0.1, 0.15) is 11.6 Å². The normalized spacial score (nSPS) is 11.4. The first-order valence-corrected chi connectivity index (χ1v) is 10.4. The minimum absolute atomic E-state index is 0.0430. The number of hydrogen-bond acceptors (Lipinski definition) is 6. The van der Waals surface area contributed by atoms with Gasteiger partial charge in [0.05, 0.1) is 28.2 Å². The Morgan fingerprint density at radius 3 is 2.37 bits per heavy atom. The van der Waals surface area contributed by atoms with Crippen LogP contribution in [0.15, 0.2) is 76.8 Å². The van der Waals surface area contributed by atoms with Gasteiger partial charge < -0.3 is 0 Å². The first kappa shape index (κ1) is 23.7. The summed E-state index contributed by atoms with van der Waals surface area (Å²) in [6.07, 6.45) is -2.35. The molecule has 7 nitrogen and oxygen atoms in total. The Labute approximate surface area is 201 Å². The third-order valence-corrected chi connectivity index (χ3v) is 5.10. The molecule has 0 saturated carbocycles. The zero-order valence-electron chi connectivity index (χ0n) is 17.6. The first-order chi connectivity index (χ1) is 16.8. The summed E-state index contributed by atoms with van der Waals surface area (Å²) in [6, 6.07) is 18.1. The highest BCUT2D eigenvalue weighted by atomic mass is 35.5. The van der Waals surface area contributed by atoms with E-state index in [0.717, 1.165) is 12.3 Å². The number of hydrazone groups is 1. The summed E-state index contributed by atoms with van der Waals surface area (Å²) in [5.41, 5.74) is 3.19. The fourth-order valence-electron chi connectivity index (χ4n) is 3.14. The minimum atomic E-state index is -4.53. The van der Waals surface area contributed by atoms with Crippen molar-refractivity contribution in [3.63, 3.8) is 0 Å². The number of H-pyrrole nitrogens is 1. The average molecular weight is 495 g/mol. The van der Waals surface area contributed by atoms with Gasteiger partial charge in [-0.25, -0.2) is 10.4 Å². The van der Waals surface area contributed by atoms with E-state index >= 15 is 0 Å². The van der Waals surface area contributed by atoms with Crippen LogP contribution in [0.4, 0.5) is 19.1 Å². The molecule has 0 fully saturated rings. The van der Waals surface area contributed by atoms with Crippen LogP contribution in [-0.4, -0.2) is 21.2 Å². The van der Waals surface area contributed by atoms with Gasteiger partial charge in [0.25, 0.3) is 5.56 Å². The Morgan fingerprint density at radius 2 is 1.74 bits per heavy atom. The van der Waals surface area contributed by atoms with Crippen LogP contribution in [0.25, 0.3) is 22.5 Å². The number of hydrogen-bond donors (Lipinski definition) is 2. The van der Waals surface area contributed by atoms with Crippen LogP contribution in [0.5, 0.6) is 0 Å². The third kappa shape index (κ3) is 5.37. The van der Waals surface area contributed by atoms with Crippen molar-refractivity contribution in [3.05, 3.63) is 98.9 Å². The lowest BCUT2D eigenvalue weighted by Gasteiger charge is -2.09. The van der Waals surface area contributed by atoms with E-state index in [4.69, 9.17) is 11.6 Å². The predicted molar refractivity (Wildman–Crippen MR) is 126 cm³/mol. The number of nitrogens with one attached hydrogen (secondary N) is 2. The number of aromatic amines is 1. The van der Waals surface area contributed by atoms with Gasteiger partial charge in [-0.1, -0.05) is 66.2 Å². The predicted octanol–water partition coefficient (Wildman–Crippen LogP) is 5.49. The van der Waals surface area contributed by atoms with Gasteiger partial charge in [0.15, 0.2) is 0 Å². The molecule has 4 rings (SSSR count). The molecule has 2 aromatic carbocycles. The van der Waals surface area contributed by atoms with Crippen LogP contribution in [0.1, 0.15) is 16.7 Å². The van der Waals surface area contributed by atoms with E-state index < -0.39 is 17.3 Å². The van der Waals surface area contributed by atoms with E-state index in [0.29, 0.717) is 16.7 Å². The Bertz CT molecular complexity index is 1490. The maximum absolute atomic E-state index is 12.8. The number of benzene rings is 2. The number of alkyl halides is 3. The SMILES string of the molecule is N#Cc1c(-c2ccccc2)nc(NN=Cc2ccc(-c3ncc(C(F)(F)F)cc3Cl)cc2)[nH]c1=O. The highest BCUT2D eigenvalue weighted by Crippen LogP contribution is 2.34. The summed E-state index contributed by atoms with van der Waals surface area (Å²) < 4.78 is 38.4. The lowest BCUT2D eigenvalue weighted by molar-refractivity contribution is -0.137. The second kappa shape index (κ2) is 9.79. The highest BCUT2D eigenvalue weighted by Gasteiger charge is 2.31. The summed E-state index contributed by atoms with van der Waals surface area (Å²) in [7, 11) is 0. The molecule has 0 radical (unpaired) electrons. The van der Waals surface area contributed by atoms with E-state index in [1.54, 1.807) is 54.6 Å². The molecule has 0 spiro atoms. The summed E-state index contributed by atoms with van der Waals surface area (Å²) >= 11 is 6.00. The number of rotatable bonds is 5. The second-order valence-electron chi connectivity index (χ2n) is 7.16. The molecular weight excluding hydrogens is 481 g/mol. The van der Waals surface area contributed by atoms with E-state index in [2.05, 4.69) is 25.5 Å². The molecule has 0 aliphatic heterocycles. The Kier molecular flexibility index (Phi) is 6.62. The topological polar surface area (TPSA) is 107 Å². The zero-order valence-corrected chi connectivity index (χ0v) is 18.4. The standard InChI is InChI=1S/C24H14ClF3N6O/c25-19-10-17(24(26,27)28)13-30-21(19)16-8-6-14(7-9-16)12-31-34-23-32-20(15-4-2-1-3-5-15)18(11-29)22(35)33-23/h1-10,12-13H,(H2,32,33,34,35). The monoisotopic (exact) mass is 494 g/mol. The number of nitrogens with zero attached hydrogens (tertiary/aromatic N) is 4. The lowest BCUT2D eigenvalue weighted by atomic mass is 10.1. The highest BCUT2D eigenvalue weighted by molar-refractivity contribution is 6.33. The molecule has 2 heterocycles. The minimum Gasteiger partial charge on any atom is -0.290 e. The van der Waals surface area contributed by atoms with Gasteiger partial charge in [-0.2, -0.15) is 23.5 Å². The molecule has 0 atom stereocenters. The molecular formula is C24H14ClF3N6O. The zero-order chi connectivity index (χ0) is 25.0. The van der Waals surface area contributed by atoms with Crippen molar-refractivity contribution in [1.82, 2.24) is 15.0 Å². The van der Waals surface area contributed by atoms with Crippen LogP contribution in [-0.2, 0) is 6.18 Å². The van der Waals surface area contributed by atoms with Gasteiger partial charge in [-0.05, 0) is 11.6 Å². The van der Waals surface area contributed by atoms with E-state index in [1.807, 2.05) is 6.07 Å². The summed E-state index contributed by atoms with van der Waals surface area (Å²) in [4.78, 5) is 22.9. The number of nitriles is 1. The lowest BCUT2D eigenvalue weighted by Crippen LogP contribution is -2.16. The maximum Gasteiger partial charge on any atom is 0.417 e.